The molecule has 0 unspecified atom stereocenters. The Morgan fingerprint density at radius 2 is 1.74 bits per heavy atom. The molecule has 0 spiro atoms. The minimum absolute atomic E-state index is 0.0617. The van der Waals surface area contributed by atoms with Gasteiger partial charge in [0.1, 0.15) is 5.82 Å². The van der Waals surface area contributed by atoms with Crippen LogP contribution >= 0.6 is 0 Å². The first-order valence-corrected chi connectivity index (χ1v) is 10.5. The minimum Gasteiger partial charge on any atom is -0.274 e. The Kier molecular flexibility index (Phi) is 5.54. The topological polar surface area (TPSA) is 94.3 Å². The number of benzene rings is 2. The molecular formula is C23H27N7O. The molecule has 8 nitrogen and oxygen atoms in total. The lowest BCUT2D eigenvalue weighted by Crippen LogP contribution is -2.36. The summed E-state index contributed by atoms with van der Waals surface area (Å²) in [5.41, 5.74) is 3.74. The molecule has 0 saturated carbocycles. The van der Waals surface area contributed by atoms with Crippen LogP contribution in [0.25, 0.3) is 22.5 Å². The zero-order valence-corrected chi connectivity index (χ0v) is 18.3. The van der Waals surface area contributed by atoms with Crippen molar-refractivity contribution in [1.82, 2.24) is 35.0 Å². The van der Waals surface area contributed by atoms with Crippen molar-refractivity contribution in [1.29, 1.82) is 0 Å². The van der Waals surface area contributed by atoms with E-state index in [9.17, 15) is 4.79 Å². The van der Waals surface area contributed by atoms with Crippen molar-refractivity contribution in [3.05, 3.63) is 70.4 Å². The highest BCUT2D eigenvalue weighted by molar-refractivity contribution is 5.70. The lowest BCUT2D eigenvalue weighted by Gasteiger charge is -2.16. The molecule has 31 heavy (non-hydrogen) atoms. The monoisotopic (exact) mass is 417 g/mol. The normalized spacial score (nSPS) is 11.7. The molecule has 0 aliphatic heterocycles. The SMILES string of the molecule is CCCc1nn(C(C)(C)C)c(=O)n1Cc1ccc(-c2cccc(-c3nnn[nH]3)c2)cc1. The summed E-state index contributed by atoms with van der Waals surface area (Å²) in [6.45, 7) is 8.61. The van der Waals surface area contributed by atoms with E-state index in [0.29, 0.717) is 12.4 Å². The van der Waals surface area contributed by atoms with Crippen molar-refractivity contribution < 1.29 is 0 Å². The van der Waals surface area contributed by atoms with Crippen molar-refractivity contribution in [3.8, 4) is 22.5 Å². The van der Waals surface area contributed by atoms with Gasteiger partial charge in [-0.15, -0.1) is 5.10 Å². The Bertz CT molecular complexity index is 1210. The molecule has 0 bridgehead atoms. The van der Waals surface area contributed by atoms with Gasteiger partial charge in [-0.25, -0.2) is 14.6 Å². The number of rotatable bonds is 6. The van der Waals surface area contributed by atoms with E-state index in [0.717, 1.165) is 40.9 Å². The van der Waals surface area contributed by atoms with E-state index in [1.165, 1.54) is 0 Å². The van der Waals surface area contributed by atoms with Gasteiger partial charge in [0, 0.05) is 12.0 Å². The molecule has 0 aliphatic rings. The van der Waals surface area contributed by atoms with Crippen LogP contribution in [0.5, 0.6) is 0 Å². The predicted octanol–water partition coefficient (Wildman–Crippen LogP) is 3.65. The van der Waals surface area contributed by atoms with Gasteiger partial charge in [0.2, 0.25) is 0 Å². The van der Waals surface area contributed by atoms with Crippen molar-refractivity contribution in [2.24, 2.45) is 0 Å². The number of tetrazole rings is 1. The Labute approximate surface area is 180 Å². The van der Waals surface area contributed by atoms with Crippen LogP contribution in [0.1, 0.15) is 45.5 Å². The average molecular weight is 418 g/mol. The summed E-state index contributed by atoms with van der Waals surface area (Å²) in [4.78, 5) is 13.0. The lowest BCUT2D eigenvalue weighted by molar-refractivity contribution is 0.339. The number of nitrogens with zero attached hydrogens (tertiary/aromatic N) is 6. The van der Waals surface area contributed by atoms with Gasteiger partial charge in [-0.3, -0.25) is 4.57 Å². The maximum Gasteiger partial charge on any atom is 0.346 e. The van der Waals surface area contributed by atoms with Gasteiger partial charge in [0.25, 0.3) is 0 Å². The summed E-state index contributed by atoms with van der Waals surface area (Å²) in [6.07, 6.45) is 1.72. The number of hydrogen-bond donors (Lipinski definition) is 1. The fraction of sp³-hybridized carbons (Fsp3) is 0.348. The maximum atomic E-state index is 13.0. The average Bonchev–Trinajstić information content (AvgIpc) is 3.39. The van der Waals surface area contributed by atoms with Gasteiger partial charge < -0.3 is 0 Å². The molecule has 0 saturated heterocycles. The van der Waals surface area contributed by atoms with Gasteiger partial charge >= 0.3 is 5.69 Å². The molecule has 2 heterocycles. The van der Waals surface area contributed by atoms with Crippen molar-refractivity contribution in [2.75, 3.05) is 0 Å². The second-order valence-electron chi connectivity index (χ2n) is 8.65. The molecule has 8 heteroatoms. The van der Waals surface area contributed by atoms with E-state index in [2.05, 4.69) is 69.0 Å². The molecule has 0 fully saturated rings. The fourth-order valence-electron chi connectivity index (χ4n) is 3.55. The molecule has 4 aromatic rings. The van der Waals surface area contributed by atoms with Crippen LogP contribution in [-0.4, -0.2) is 35.0 Å². The number of aryl methyl sites for hydroxylation is 1. The zero-order chi connectivity index (χ0) is 22.0. The molecule has 0 aliphatic carbocycles. The summed E-state index contributed by atoms with van der Waals surface area (Å²) in [5, 5.41) is 18.7. The molecular weight excluding hydrogens is 390 g/mol. The first kappa shape index (κ1) is 20.7. The fourth-order valence-corrected chi connectivity index (χ4v) is 3.55. The number of aromatic amines is 1. The van der Waals surface area contributed by atoms with E-state index in [-0.39, 0.29) is 11.2 Å². The molecule has 2 aromatic heterocycles. The van der Waals surface area contributed by atoms with Gasteiger partial charge in [-0.05, 0) is 60.4 Å². The van der Waals surface area contributed by atoms with E-state index in [1.807, 2.05) is 32.9 Å². The number of hydrogen-bond acceptors (Lipinski definition) is 5. The standard InChI is InChI=1S/C23H27N7O/c1-5-7-20-26-30(23(2,3)4)22(31)29(20)15-16-10-12-17(13-11-16)18-8-6-9-19(14-18)21-24-27-28-25-21/h6,8-14H,5,7,15H2,1-4H3,(H,24,25,27,28). The maximum absolute atomic E-state index is 13.0. The summed E-state index contributed by atoms with van der Waals surface area (Å²) in [7, 11) is 0. The largest absolute Gasteiger partial charge is 0.346 e. The molecule has 2 aromatic carbocycles. The van der Waals surface area contributed by atoms with Gasteiger partial charge in [-0.2, -0.15) is 5.10 Å². The van der Waals surface area contributed by atoms with Gasteiger partial charge in [0.05, 0.1) is 12.1 Å². The van der Waals surface area contributed by atoms with Crippen LogP contribution in [0.2, 0.25) is 0 Å². The van der Waals surface area contributed by atoms with Crippen LogP contribution in [0, 0.1) is 0 Å². The smallest absolute Gasteiger partial charge is 0.274 e. The third-order valence-electron chi connectivity index (χ3n) is 5.16. The van der Waals surface area contributed by atoms with Gasteiger partial charge in [0.15, 0.2) is 5.82 Å². The molecule has 4 rings (SSSR count). The molecule has 0 atom stereocenters. The highest BCUT2D eigenvalue weighted by atomic mass is 16.2. The van der Waals surface area contributed by atoms with Crippen molar-refractivity contribution in [3.63, 3.8) is 0 Å². The zero-order valence-electron chi connectivity index (χ0n) is 18.3. The second-order valence-corrected chi connectivity index (χ2v) is 8.65. The van der Waals surface area contributed by atoms with Crippen LogP contribution in [0.4, 0.5) is 0 Å². The van der Waals surface area contributed by atoms with E-state index in [4.69, 9.17) is 0 Å². The first-order valence-electron chi connectivity index (χ1n) is 10.5. The molecule has 0 radical (unpaired) electrons. The van der Waals surface area contributed by atoms with Crippen molar-refractivity contribution >= 4 is 0 Å². The Morgan fingerprint density at radius 3 is 2.39 bits per heavy atom. The van der Waals surface area contributed by atoms with Crippen LogP contribution in [0.3, 0.4) is 0 Å². The van der Waals surface area contributed by atoms with Gasteiger partial charge in [-0.1, -0.05) is 49.4 Å². The first-order chi connectivity index (χ1) is 14.9. The lowest BCUT2D eigenvalue weighted by atomic mass is 10.0. The van der Waals surface area contributed by atoms with Crippen LogP contribution in [-0.2, 0) is 18.5 Å². The Hall–Kier alpha value is -3.55. The Morgan fingerprint density at radius 1 is 1.00 bits per heavy atom. The summed E-state index contributed by atoms with van der Waals surface area (Å²) < 4.78 is 3.39. The molecule has 1 N–H and O–H groups in total. The predicted molar refractivity (Wildman–Crippen MR) is 120 cm³/mol. The molecule has 0 amide bonds. The summed E-state index contributed by atoms with van der Waals surface area (Å²) >= 11 is 0. The quantitative estimate of drug-likeness (QED) is 0.517. The summed E-state index contributed by atoms with van der Waals surface area (Å²) in [6, 6.07) is 16.3. The number of H-pyrrole nitrogens is 1. The number of nitrogens with one attached hydrogen (secondary N) is 1. The second kappa shape index (κ2) is 8.29. The molecule has 160 valence electrons. The van der Waals surface area contributed by atoms with E-state index < -0.39 is 0 Å². The highest BCUT2D eigenvalue weighted by Gasteiger charge is 2.22. The third kappa shape index (κ3) is 4.33. The van der Waals surface area contributed by atoms with Crippen LogP contribution < -0.4 is 5.69 Å². The number of aromatic nitrogens is 7. The highest BCUT2D eigenvalue weighted by Crippen LogP contribution is 2.24. The van der Waals surface area contributed by atoms with Crippen molar-refractivity contribution in [2.45, 2.75) is 52.6 Å². The van der Waals surface area contributed by atoms with Crippen LogP contribution in [0.15, 0.2) is 53.3 Å². The summed E-state index contributed by atoms with van der Waals surface area (Å²) in [5.74, 6) is 1.47. The third-order valence-corrected chi connectivity index (χ3v) is 5.16. The van der Waals surface area contributed by atoms with E-state index in [1.54, 1.807) is 9.25 Å². The Balaban J connectivity index is 1.61. The minimum atomic E-state index is -0.348. The van der Waals surface area contributed by atoms with E-state index >= 15 is 0 Å².